The van der Waals surface area contributed by atoms with Gasteiger partial charge >= 0.3 is 5.97 Å². The van der Waals surface area contributed by atoms with Crippen molar-refractivity contribution in [2.45, 2.75) is 32.4 Å². The minimum Gasteiger partial charge on any atom is -0.480 e. The summed E-state index contributed by atoms with van der Waals surface area (Å²) in [7, 11) is 0. The molecule has 4 N–H and O–H groups in total. The van der Waals surface area contributed by atoms with E-state index in [0.29, 0.717) is 6.42 Å². The predicted octanol–water partition coefficient (Wildman–Crippen LogP) is -0.141. The summed E-state index contributed by atoms with van der Waals surface area (Å²) in [5.74, 6) is -1.45. The smallest absolute Gasteiger partial charge is 0.326 e. The van der Waals surface area contributed by atoms with Crippen molar-refractivity contribution < 1.29 is 14.7 Å². The molecule has 15 heavy (non-hydrogen) atoms. The first-order valence-electron chi connectivity index (χ1n) is 4.83. The molecule has 0 unspecified atom stereocenters. The van der Waals surface area contributed by atoms with Crippen LogP contribution in [0.3, 0.4) is 0 Å². The number of carboxylic acids is 1. The fourth-order valence-corrected chi connectivity index (χ4v) is 1.19. The molecule has 5 nitrogen and oxygen atoms in total. The highest BCUT2D eigenvalue weighted by Gasteiger charge is 2.26. The molecule has 0 aliphatic carbocycles. The fraction of sp³-hybridized carbons (Fsp3) is 0.778. The molecule has 0 aromatic heterocycles. The summed E-state index contributed by atoms with van der Waals surface area (Å²) in [6.07, 6.45) is 0.674. The second kappa shape index (κ2) is 6.68. The van der Waals surface area contributed by atoms with Crippen LogP contribution in [0.15, 0.2) is 0 Å². The van der Waals surface area contributed by atoms with Gasteiger partial charge in [-0.1, -0.05) is 20.3 Å². The molecule has 0 bridgehead atoms. The first-order valence-corrected chi connectivity index (χ1v) is 5.46. The highest BCUT2D eigenvalue weighted by molar-refractivity contribution is 7.80. The average Bonchev–Trinajstić information content (AvgIpc) is 2.22. The number of hydrogen-bond acceptors (Lipinski definition) is 4. The Hall–Kier alpha value is -0.750. The highest BCUT2D eigenvalue weighted by atomic mass is 32.1. The van der Waals surface area contributed by atoms with Crippen molar-refractivity contribution in [3.05, 3.63) is 0 Å². The van der Waals surface area contributed by atoms with Crippen molar-refractivity contribution in [2.24, 2.45) is 11.7 Å². The zero-order chi connectivity index (χ0) is 12.0. The molecule has 0 saturated carbocycles. The Balaban J connectivity index is 4.42. The molecule has 0 heterocycles. The van der Waals surface area contributed by atoms with E-state index in [-0.39, 0.29) is 11.7 Å². The second-order valence-corrected chi connectivity index (χ2v) is 3.86. The van der Waals surface area contributed by atoms with Gasteiger partial charge in [0.1, 0.15) is 6.04 Å². The van der Waals surface area contributed by atoms with Gasteiger partial charge in [0.15, 0.2) is 0 Å². The van der Waals surface area contributed by atoms with E-state index in [1.54, 1.807) is 6.92 Å². The Bertz CT molecular complexity index is 235. The normalized spacial score (nSPS) is 16.5. The van der Waals surface area contributed by atoms with E-state index in [4.69, 9.17) is 10.8 Å². The number of thiol groups is 1. The Morgan fingerprint density at radius 1 is 1.53 bits per heavy atom. The van der Waals surface area contributed by atoms with Gasteiger partial charge in [-0.3, -0.25) is 4.79 Å². The zero-order valence-corrected chi connectivity index (χ0v) is 9.83. The third-order valence-electron chi connectivity index (χ3n) is 2.31. The van der Waals surface area contributed by atoms with E-state index in [2.05, 4.69) is 17.9 Å². The first-order chi connectivity index (χ1) is 6.93. The molecule has 1 amide bonds. The zero-order valence-electron chi connectivity index (χ0n) is 8.93. The van der Waals surface area contributed by atoms with Gasteiger partial charge in [0, 0.05) is 5.75 Å². The molecule has 88 valence electrons. The number of carbonyl (C=O) groups excluding carboxylic acids is 1. The summed E-state index contributed by atoms with van der Waals surface area (Å²) in [6, 6.07) is -1.65. The van der Waals surface area contributed by atoms with Crippen LogP contribution in [-0.2, 0) is 9.59 Å². The molecule has 0 aromatic rings. The molecule has 0 rings (SSSR count). The number of carbonyl (C=O) groups is 2. The maximum absolute atomic E-state index is 11.4. The summed E-state index contributed by atoms with van der Waals surface area (Å²) in [5.41, 5.74) is 5.43. The molecule has 3 atom stereocenters. The number of nitrogens with two attached hydrogens (primary N) is 1. The van der Waals surface area contributed by atoms with Gasteiger partial charge in [-0.15, -0.1) is 0 Å². The number of carboxylic acid groups (broad SMARTS) is 1. The molecule has 0 fully saturated rings. The lowest BCUT2D eigenvalue weighted by atomic mass is 9.99. The molecule has 0 radical (unpaired) electrons. The lowest BCUT2D eigenvalue weighted by molar-refractivity contribution is -0.143. The van der Waals surface area contributed by atoms with Gasteiger partial charge in [-0.2, -0.15) is 12.6 Å². The lowest BCUT2D eigenvalue weighted by Crippen LogP contribution is -2.51. The van der Waals surface area contributed by atoms with Crippen LogP contribution in [0.2, 0.25) is 0 Å². The van der Waals surface area contributed by atoms with Crippen LogP contribution in [0, 0.1) is 5.92 Å². The van der Waals surface area contributed by atoms with Gasteiger partial charge in [-0.25, -0.2) is 4.79 Å². The minimum absolute atomic E-state index is 0.126. The maximum Gasteiger partial charge on any atom is 0.326 e. The number of aliphatic carboxylic acids is 1. The monoisotopic (exact) mass is 234 g/mol. The number of hydrogen-bond donors (Lipinski definition) is 4. The molecule has 0 aliphatic heterocycles. The van der Waals surface area contributed by atoms with E-state index < -0.39 is 24.0 Å². The summed E-state index contributed by atoms with van der Waals surface area (Å²) in [4.78, 5) is 22.2. The van der Waals surface area contributed by atoms with E-state index in [1.165, 1.54) is 0 Å². The molecule has 6 heteroatoms. The third-order valence-corrected chi connectivity index (χ3v) is 2.70. The van der Waals surface area contributed by atoms with Crippen LogP contribution < -0.4 is 11.1 Å². The van der Waals surface area contributed by atoms with Crippen molar-refractivity contribution in [3.8, 4) is 0 Å². The largest absolute Gasteiger partial charge is 0.480 e. The van der Waals surface area contributed by atoms with Crippen LogP contribution in [-0.4, -0.2) is 34.8 Å². The van der Waals surface area contributed by atoms with Crippen molar-refractivity contribution in [3.63, 3.8) is 0 Å². The van der Waals surface area contributed by atoms with Gasteiger partial charge in [0.05, 0.1) is 6.04 Å². The standard InChI is InChI=1S/C9H18N2O3S/c1-3-5(2)7(9(13)14)11-8(12)6(10)4-15/h5-7,15H,3-4,10H2,1-2H3,(H,11,12)(H,13,14)/t5-,6-,7-/m0/s1. The number of rotatable bonds is 6. The quantitative estimate of drug-likeness (QED) is 0.481. The van der Waals surface area contributed by atoms with E-state index in [9.17, 15) is 9.59 Å². The summed E-state index contributed by atoms with van der Waals surface area (Å²) >= 11 is 3.87. The maximum atomic E-state index is 11.4. The van der Waals surface area contributed by atoms with Gasteiger partial charge < -0.3 is 16.2 Å². The molecule has 0 aromatic carbocycles. The molecule has 0 aliphatic rings. The summed E-state index contributed by atoms with van der Waals surface area (Å²) < 4.78 is 0. The molecule has 0 saturated heterocycles. The van der Waals surface area contributed by atoms with Crippen molar-refractivity contribution >= 4 is 24.5 Å². The topological polar surface area (TPSA) is 92.4 Å². The van der Waals surface area contributed by atoms with E-state index >= 15 is 0 Å². The van der Waals surface area contributed by atoms with Crippen molar-refractivity contribution in [1.29, 1.82) is 0 Å². The van der Waals surface area contributed by atoms with Gasteiger partial charge in [0.2, 0.25) is 5.91 Å². The SMILES string of the molecule is CC[C@H](C)[C@H](NC(=O)[C@@H](N)CS)C(=O)O. The number of nitrogens with one attached hydrogen (secondary N) is 1. The van der Waals surface area contributed by atoms with Crippen molar-refractivity contribution in [2.75, 3.05) is 5.75 Å². The Morgan fingerprint density at radius 3 is 2.40 bits per heavy atom. The average molecular weight is 234 g/mol. The second-order valence-electron chi connectivity index (χ2n) is 3.50. The first kappa shape index (κ1) is 14.2. The van der Waals surface area contributed by atoms with Gasteiger partial charge in [-0.05, 0) is 5.92 Å². The Morgan fingerprint density at radius 2 is 2.07 bits per heavy atom. The molecule has 0 spiro atoms. The lowest BCUT2D eigenvalue weighted by Gasteiger charge is -2.21. The summed E-state index contributed by atoms with van der Waals surface area (Å²) in [5, 5.41) is 11.3. The van der Waals surface area contributed by atoms with Crippen LogP contribution in [0.5, 0.6) is 0 Å². The fourth-order valence-electron chi connectivity index (χ4n) is 1.03. The molecular formula is C9H18N2O3S. The van der Waals surface area contributed by atoms with Crippen LogP contribution in [0.1, 0.15) is 20.3 Å². The van der Waals surface area contributed by atoms with Crippen LogP contribution in [0.4, 0.5) is 0 Å². The molecular weight excluding hydrogens is 216 g/mol. The minimum atomic E-state index is -1.04. The van der Waals surface area contributed by atoms with E-state index in [0.717, 1.165) is 0 Å². The van der Waals surface area contributed by atoms with Crippen LogP contribution in [0.25, 0.3) is 0 Å². The Labute approximate surface area is 94.8 Å². The van der Waals surface area contributed by atoms with E-state index in [1.807, 2.05) is 6.92 Å². The summed E-state index contributed by atoms with van der Waals surface area (Å²) in [6.45, 7) is 3.64. The highest BCUT2D eigenvalue weighted by Crippen LogP contribution is 2.08. The number of amides is 1. The van der Waals surface area contributed by atoms with Gasteiger partial charge in [0.25, 0.3) is 0 Å². The van der Waals surface area contributed by atoms with Crippen molar-refractivity contribution in [1.82, 2.24) is 5.32 Å². The predicted molar refractivity (Wildman–Crippen MR) is 60.8 cm³/mol. The van der Waals surface area contributed by atoms with Crippen LogP contribution >= 0.6 is 12.6 Å². The Kier molecular flexibility index (Phi) is 6.35. The third kappa shape index (κ3) is 4.53.